The van der Waals surface area contributed by atoms with Crippen LogP contribution in [0.1, 0.15) is 25.0 Å². The zero-order valence-electron chi connectivity index (χ0n) is 10.6. The molecule has 2 rings (SSSR count). The molecule has 0 saturated carbocycles. The fourth-order valence-electron chi connectivity index (χ4n) is 2.31. The molecule has 1 heterocycles. The molecule has 0 bridgehead atoms. The predicted octanol–water partition coefficient (Wildman–Crippen LogP) is 1.79. The lowest BCUT2D eigenvalue weighted by atomic mass is 10.1. The molecule has 2 atom stereocenters. The molecule has 1 aliphatic heterocycles. The second-order valence-electron chi connectivity index (χ2n) is 4.88. The van der Waals surface area contributed by atoms with Crippen LogP contribution in [0, 0.1) is 0 Å². The number of nitrogens with zero attached hydrogens (tertiary/aromatic N) is 1. The van der Waals surface area contributed by atoms with Crippen LogP contribution in [0.15, 0.2) is 24.3 Å². The van der Waals surface area contributed by atoms with Gasteiger partial charge in [-0.25, -0.2) is 0 Å². The topological polar surface area (TPSA) is 32.7 Å². The number of morpholine rings is 1. The summed E-state index contributed by atoms with van der Waals surface area (Å²) in [5, 5.41) is 9.01. The van der Waals surface area contributed by atoms with Crippen molar-refractivity contribution in [1.29, 1.82) is 0 Å². The Balaban J connectivity index is 2.03. The summed E-state index contributed by atoms with van der Waals surface area (Å²) in [6.07, 6.45) is 0. The zero-order chi connectivity index (χ0) is 12.3. The van der Waals surface area contributed by atoms with Gasteiger partial charge >= 0.3 is 0 Å². The molecule has 1 saturated heterocycles. The van der Waals surface area contributed by atoms with Gasteiger partial charge in [0, 0.05) is 18.6 Å². The van der Waals surface area contributed by atoms with Gasteiger partial charge in [-0.2, -0.15) is 0 Å². The second kappa shape index (κ2) is 5.63. The average molecular weight is 235 g/mol. The summed E-state index contributed by atoms with van der Waals surface area (Å²) in [4.78, 5) is 2.47. The summed E-state index contributed by atoms with van der Waals surface area (Å²) in [6.45, 7) is 7.12. The summed E-state index contributed by atoms with van der Waals surface area (Å²) in [6, 6.07) is 9.12. The quantitative estimate of drug-likeness (QED) is 0.867. The number of benzene rings is 1. The van der Waals surface area contributed by atoms with E-state index in [9.17, 15) is 0 Å². The number of ether oxygens (including phenoxy) is 1. The molecule has 0 spiro atoms. The van der Waals surface area contributed by atoms with Crippen molar-refractivity contribution in [2.24, 2.45) is 0 Å². The van der Waals surface area contributed by atoms with E-state index in [2.05, 4.69) is 30.9 Å². The van der Waals surface area contributed by atoms with Crippen molar-refractivity contribution in [2.75, 3.05) is 13.2 Å². The van der Waals surface area contributed by atoms with Gasteiger partial charge in [-0.05, 0) is 25.0 Å². The van der Waals surface area contributed by atoms with Crippen molar-refractivity contribution in [2.45, 2.75) is 39.1 Å². The first kappa shape index (κ1) is 12.6. The minimum Gasteiger partial charge on any atom is -0.392 e. The number of hydrogen-bond acceptors (Lipinski definition) is 3. The van der Waals surface area contributed by atoms with Crippen LogP contribution in [0.3, 0.4) is 0 Å². The minimum atomic E-state index is 0.116. The van der Waals surface area contributed by atoms with E-state index in [0.717, 1.165) is 25.3 Å². The SMILES string of the molecule is CC1COCC(C)N1Cc1ccc(CO)cc1. The summed E-state index contributed by atoms with van der Waals surface area (Å²) in [7, 11) is 0. The molecule has 1 aromatic rings. The third-order valence-electron chi connectivity index (χ3n) is 3.42. The number of aliphatic hydroxyl groups is 1. The first-order valence-corrected chi connectivity index (χ1v) is 6.23. The van der Waals surface area contributed by atoms with Crippen LogP contribution < -0.4 is 0 Å². The molecule has 3 nitrogen and oxygen atoms in total. The molecule has 1 aliphatic rings. The molecule has 0 radical (unpaired) electrons. The van der Waals surface area contributed by atoms with Gasteiger partial charge in [0.15, 0.2) is 0 Å². The Morgan fingerprint density at radius 3 is 2.18 bits per heavy atom. The van der Waals surface area contributed by atoms with E-state index >= 15 is 0 Å². The first-order valence-electron chi connectivity index (χ1n) is 6.23. The monoisotopic (exact) mass is 235 g/mol. The molecular formula is C14H21NO2. The maximum atomic E-state index is 9.01. The van der Waals surface area contributed by atoms with E-state index in [1.54, 1.807) is 0 Å². The Kier molecular flexibility index (Phi) is 4.15. The lowest BCUT2D eigenvalue weighted by molar-refractivity contribution is -0.0409. The first-order chi connectivity index (χ1) is 8.20. The molecule has 1 N–H and O–H groups in total. The van der Waals surface area contributed by atoms with Crippen molar-refractivity contribution >= 4 is 0 Å². The maximum Gasteiger partial charge on any atom is 0.0681 e. The van der Waals surface area contributed by atoms with E-state index in [0.29, 0.717) is 12.1 Å². The van der Waals surface area contributed by atoms with Crippen LogP contribution in [-0.4, -0.2) is 35.3 Å². The molecule has 0 aliphatic carbocycles. The van der Waals surface area contributed by atoms with Gasteiger partial charge in [0.1, 0.15) is 0 Å². The highest BCUT2D eigenvalue weighted by Crippen LogP contribution is 2.17. The van der Waals surface area contributed by atoms with Gasteiger partial charge in [-0.15, -0.1) is 0 Å². The van der Waals surface area contributed by atoms with E-state index in [1.807, 2.05) is 12.1 Å². The summed E-state index contributed by atoms with van der Waals surface area (Å²) < 4.78 is 5.52. The summed E-state index contributed by atoms with van der Waals surface area (Å²) in [5.74, 6) is 0. The van der Waals surface area contributed by atoms with Crippen molar-refractivity contribution in [3.63, 3.8) is 0 Å². The molecule has 0 aromatic heterocycles. The van der Waals surface area contributed by atoms with Gasteiger partial charge in [-0.1, -0.05) is 24.3 Å². The van der Waals surface area contributed by atoms with E-state index < -0.39 is 0 Å². The predicted molar refractivity (Wildman–Crippen MR) is 67.7 cm³/mol. The lowest BCUT2D eigenvalue weighted by Gasteiger charge is -2.38. The van der Waals surface area contributed by atoms with Gasteiger partial charge in [0.25, 0.3) is 0 Å². The third-order valence-corrected chi connectivity index (χ3v) is 3.42. The molecular weight excluding hydrogens is 214 g/mol. The Labute approximate surface area is 103 Å². The Hall–Kier alpha value is -0.900. The molecule has 3 heteroatoms. The van der Waals surface area contributed by atoms with Crippen molar-refractivity contribution in [3.05, 3.63) is 35.4 Å². The fraction of sp³-hybridized carbons (Fsp3) is 0.571. The van der Waals surface area contributed by atoms with Gasteiger partial charge in [0.2, 0.25) is 0 Å². The van der Waals surface area contributed by atoms with E-state index in [4.69, 9.17) is 9.84 Å². The average Bonchev–Trinajstić information content (AvgIpc) is 2.35. The second-order valence-corrected chi connectivity index (χ2v) is 4.88. The minimum absolute atomic E-state index is 0.116. The Morgan fingerprint density at radius 1 is 1.12 bits per heavy atom. The highest BCUT2D eigenvalue weighted by molar-refractivity contribution is 5.22. The van der Waals surface area contributed by atoms with Crippen molar-refractivity contribution in [1.82, 2.24) is 4.90 Å². The van der Waals surface area contributed by atoms with Crippen molar-refractivity contribution < 1.29 is 9.84 Å². The van der Waals surface area contributed by atoms with Crippen LogP contribution in [0.2, 0.25) is 0 Å². The van der Waals surface area contributed by atoms with Crippen LogP contribution >= 0.6 is 0 Å². The largest absolute Gasteiger partial charge is 0.392 e. The maximum absolute atomic E-state index is 9.01. The number of aliphatic hydroxyl groups excluding tert-OH is 1. The standard InChI is InChI=1S/C14H21NO2/c1-11-9-17-10-12(2)15(11)7-13-3-5-14(8-16)6-4-13/h3-6,11-12,16H,7-10H2,1-2H3. The van der Waals surface area contributed by atoms with Crippen LogP contribution in [0.25, 0.3) is 0 Å². The molecule has 2 unspecified atom stereocenters. The lowest BCUT2D eigenvalue weighted by Crippen LogP contribution is -2.48. The van der Waals surface area contributed by atoms with Gasteiger partial charge in [0.05, 0.1) is 19.8 Å². The van der Waals surface area contributed by atoms with Crippen LogP contribution in [-0.2, 0) is 17.9 Å². The smallest absolute Gasteiger partial charge is 0.0681 e. The molecule has 94 valence electrons. The fourth-order valence-corrected chi connectivity index (χ4v) is 2.31. The van der Waals surface area contributed by atoms with Gasteiger partial charge < -0.3 is 9.84 Å². The Morgan fingerprint density at radius 2 is 1.65 bits per heavy atom. The molecule has 17 heavy (non-hydrogen) atoms. The normalized spacial score (nSPS) is 26.1. The van der Waals surface area contributed by atoms with Crippen LogP contribution in [0.4, 0.5) is 0 Å². The van der Waals surface area contributed by atoms with E-state index in [-0.39, 0.29) is 6.61 Å². The van der Waals surface area contributed by atoms with Crippen molar-refractivity contribution in [3.8, 4) is 0 Å². The van der Waals surface area contributed by atoms with Crippen LogP contribution in [0.5, 0.6) is 0 Å². The zero-order valence-corrected chi connectivity index (χ0v) is 10.6. The summed E-state index contributed by atoms with van der Waals surface area (Å²) in [5.41, 5.74) is 2.26. The third kappa shape index (κ3) is 3.06. The molecule has 0 amide bonds. The van der Waals surface area contributed by atoms with E-state index in [1.165, 1.54) is 5.56 Å². The highest BCUT2D eigenvalue weighted by Gasteiger charge is 2.24. The Bertz CT molecular complexity index is 340. The van der Waals surface area contributed by atoms with Gasteiger partial charge in [-0.3, -0.25) is 4.90 Å². The molecule has 1 aromatic carbocycles. The highest BCUT2D eigenvalue weighted by atomic mass is 16.5. The summed E-state index contributed by atoms with van der Waals surface area (Å²) >= 11 is 0. The number of rotatable bonds is 3. The molecule has 1 fully saturated rings. The number of hydrogen-bond donors (Lipinski definition) is 1.